The van der Waals surface area contributed by atoms with Gasteiger partial charge in [-0.1, -0.05) is 6.42 Å². The number of hydrogen-bond donors (Lipinski definition) is 1. The molecule has 0 aromatic rings. The van der Waals surface area contributed by atoms with E-state index in [2.05, 4.69) is 10.2 Å². The molecule has 0 amide bonds. The minimum Gasteiger partial charge on any atom is -0.314 e. The first kappa shape index (κ1) is 11.0. The van der Waals surface area contributed by atoms with Gasteiger partial charge in [0.2, 0.25) is 0 Å². The van der Waals surface area contributed by atoms with E-state index >= 15 is 0 Å². The maximum Gasteiger partial charge on any atom is 0.00915 e. The van der Waals surface area contributed by atoms with Gasteiger partial charge in [0.25, 0.3) is 0 Å². The van der Waals surface area contributed by atoms with Gasteiger partial charge in [-0.25, -0.2) is 0 Å². The summed E-state index contributed by atoms with van der Waals surface area (Å²) in [5.41, 5.74) is 0. The van der Waals surface area contributed by atoms with Crippen LogP contribution in [0.1, 0.15) is 44.9 Å². The van der Waals surface area contributed by atoms with Crippen molar-refractivity contribution in [2.75, 3.05) is 26.2 Å². The molecule has 2 heteroatoms. The van der Waals surface area contributed by atoms with Gasteiger partial charge in [-0.3, -0.25) is 0 Å². The lowest BCUT2D eigenvalue weighted by Crippen LogP contribution is -2.44. The lowest BCUT2D eigenvalue weighted by atomic mass is 9.85. The molecule has 3 rings (SSSR count). The molecule has 1 heterocycles. The Morgan fingerprint density at radius 2 is 1.62 bits per heavy atom. The number of likely N-dealkylation sites (tertiary alicyclic amines) is 1. The van der Waals surface area contributed by atoms with Crippen LogP contribution in [-0.4, -0.2) is 37.1 Å². The van der Waals surface area contributed by atoms with E-state index in [0.29, 0.717) is 0 Å². The third-order valence-electron chi connectivity index (χ3n) is 4.72. The van der Waals surface area contributed by atoms with E-state index < -0.39 is 0 Å². The average molecular weight is 222 g/mol. The van der Waals surface area contributed by atoms with Gasteiger partial charge in [0, 0.05) is 12.6 Å². The minimum absolute atomic E-state index is 0.830. The molecule has 0 radical (unpaired) electrons. The predicted octanol–water partition coefficient (Wildman–Crippen LogP) is 2.25. The van der Waals surface area contributed by atoms with Crippen LogP contribution in [0.4, 0.5) is 0 Å². The van der Waals surface area contributed by atoms with E-state index in [4.69, 9.17) is 0 Å². The Labute approximate surface area is 99.8 Å². The van der Waals surface area contributed by atoms with Crippen LogP contribution < -0.4 is 5.32 Å². The fourth-order valence-corrected chi connectivity index (χ4v) is 3.02. The van der Waals surface area contributed by atoms with Gasteiger partial charge in [0.05, 0.1) is 0 Å². The van der Waals surface area contributed by atoms with E-state index in [1.54, 1.807) is 0 Å². The third-order valence-corrected chi connectivity index (χ3v) is 4.72. The second-order valence-corrected chi connectivity index (χ2v) is 6.22. The van der Waals surface area contributed by atoms with E-state index in [0.717, 1.165) is 17.9 Å². The van der Waals surface area contributed by atoms with Crippen LogP contribution in [0.15, 0.2) is 0 Å². The van der Waals surface area contributed by atoms with Crippen LogP contribution in [0.3, 0.4) is 0 Å². The standard InChI is InChI=1S/C14H26N2/c1-2-12(3-1)10-15-14-6-8-16(9-7-14)11-13-4-5-13/h12-15H,1-11H2. The smallest absolute Gasteiger partial charge is 0.00915 e. The lowest BCUT2D eigenvalue weighted by Gasteiger charge is -2.34. The molecule has 0 aromatic heterocycles. The molecule has 1 N–H and O–H groups in total. The van der Waals surface area contributed by atoms with E-state index in [1.165, 1.54) is 71.1 Å². The molecule has 16 heavy (non-hydrogen) atoms. The highest BCUT2D eigenvalue weighted by molar-refractivity contribution is 4.83. The highest BCUT2D eigenvalue weighted by Gasteiger charge is 2.27. The molecule has 0 bridgehead atoms. The minimum atomic E-state index is 0.830. The predicted molar refractivity (Wildman–Crippen MR) is 67.5 cm³/mol. The molecule has 0 unspecified atom stereocenters. The molecule has 1 saturated heterocycles. The molecule has 0 atom stereocenters. The van der Waals surface area contributed by atoms with Crippen LogP contribution in [-0.2, 0) is 0 Å². The SMILES string of the molecule is C1CC(CNC2CCN(CC3CC3)CC2)C1. The Hall–Kier alpha value is -0.0800. The Morgan fingerprint density at radius 1 is 0.875 bits per heavy atom. The summed E-state index contributed by atoms with van der Waals surface area (Å²) in [4.78, 5) is 2.69. The summed E-state index contributed by atoms with van der Waals surface area (Å²) < 4.78 is 0. The summed E-state index contributed by atoms with van der Waals surface area (Å²) in [5.74, 6) is 2.09. The lowest BCUT2D eigenvalue weighted by molar-refractivity contribution is 0.182. The van der Waals surface area contributed by atoms with Crippen LogP contribution >= 0.6 is 0 Å². The Balaban J connectivity index is 1.30. The highest BCUT2D eigenvalue weighted by atomic mass is 15.1. The topological polar surface area (TPSA) is 15.3 Å². The molecule has 92 valence electrons. The zero-order chi connectivity index (χ0) is 10.8. The third kappa shape index (κ3) is 2.98. The van der Waals surface area contributed by atoms with Crippen molar-refractivity contribution in [2.45, 2.75) is 51.0 Å². The quantitative estimate of drug-likeness (QED) is 0.767. The Kier molecular flexibility index (Phi) is 3.49. The first-order chi connectivity index (χ1) is 7.90. The number of piperidine rings is 1. The summed E-state index contributed by atoms with van der Waals surface area (Å²) in [6.45, 7) is 5.39. The van der Waals surface area contributed by atoms with Crippen molar-refractivity contribution in [1.82, 2.24) is 10.2 Å². The van der Waals surface area contributed by atoms with Crippen molar-refractivity contribution in [2.24, 2.45) is 11.8 Å². The molecule has 3 fully saturated rings. The molecule has 0 aromatic carbocycles. The van der Waals surface area contributed by atoms with Gasteiger partial charge >= 0.3 is 0 Å². The van der Waals surface area contributed by atoms with Crippen molar-refractivity contribution in [1.29, 1.82) is 0 Å². The van der Waals surface area contributed by atoms with Crippen molar-refractivity contribution < 1.29 is 0 Å². The van der Waals surface area contributed by atoms with E-state index in [1.807, 2.05) is 0 Å². The molecule has 3 aliphatic rings. The molecular formula is C14H26N2. The summed E-state index contributed by atoms with van der Waals surface area (Å²) >= 11 is 0. The molecule has 2 saturated carbocycles. The summed E-state index contributed by atoms with van der Waals surface area (Å²) in [7, 11) is 0. The van der Waals surface area contributed by atoms with Crippen molar-refractivity contribution in [3.63, 3.8) is 0 Å². The number of nitrogens with one attached hydrogen (secondary N) is 1. The second-order valence-electron chi connectivity index (χ2n) is 6.22. The Bertz CT molecular complexity index is 213. The molecule has 2 nitrogen and oxygen atoms in total. The number of rotatable bonds is 5. The second kappa shape index (κ2) is 5.05. The normalized spacial score (nSPS) is 29.2. The maximum absolute atomic E-state index is 3.79. The van der Waals surface area contributed by atoms with Crippen LogP contribution in [0.25, 0.3) is 0 Å². The maximum atomic E-state index is 3.79. The largest absolute Gasteiger partial charge is 0.314 e. The summed E-state index contributed by atoms with van der Waals surface area (Å²) in [6.07, 6.45) is 10.2. The van der Waals surface area contributed by atoms with Gasteiger partial charge in [0.1, 0.15) is 0 Å². The number of hydrogen-bond acceptors (Lipinski definition) is 2. The molecular weight excluding hydrogens is 196 g/mol. The zero-order valence-electron chi connectivity index (χ0n) is 10.5. The summed E-state index contributed by atoms with van der Waals surface area (Å²) in [6, 6.07) is 0.830. The fraction of sp³-hybridized carbons (Fsp3) is 1.00. The zero-order valence-corrected chi connectivity index (χ0v) is 10.5. The van der Waals surface area contributed by atoms with Crippen molar-refractivity contribution in [3.8, 4) is 0 Å². The monoisotopic (exact) mass is 222 g/mol. The average Bonchev–Trinajstić information content (AvgIpc) is 3.02. The Morgan fingerprint density at radius 3 is 2.19 bits per heavy atom. The molecule has 1 aliphatic heterocycles. The van der Waals surface area contributed by atoms with Gasteiger partial charge in [-0.15, -0.1) is 0 Å². The van der Waals surface area contributed by atoms with Gasteiger partial charge in [0.15, 0.2) is 0 Å². The fourth-order valence-electron chi connectivity index (χ4n) is 3.02. The van der Waals surface area contributed by atoms with Crippen LogP contribution in [0.5, 0.6) is 0 Å². The van der Waals surface area contributed by atoms with Gasteiger partial charge in [-0.05, 0) is 70.0 Å². The molecule has 0 spiro atoms. The van der Waals surface area contributed by atoms with Crippen molar-refractivity contribution in [3.05, 3.63) is 0 Å². The summed E-state index contributed by atoms with van der Waals surface area (Å²) in [5, 5.41) is 3.79. The van der Waals surface area contributed by atoms with Gasteiger partial charge in [-0.2, -0.15) is 0 Å². The van der Waals surface area contributed by atoms with Gasteiger partial charge < -0.3 is 10.2 Å². The van der Waals surface area contributed by atoms with Crippen LogP contribution in [0, 0.1) is 11.8 Å². The van der Waals surface area contributed by atoms with Crippen LogP contribution in [0.2, 0.25) is 0 Å². The van der Waals surface area contributed by atoms with Crippen molar-refractivity contribution >= 4 is 0 Å². The highest BCUT2D eigenvalue weighted by Crippen LogP contribution is 2.30. The van der Waals surface area contributed by atoms with E-state index in [-0.39, 0.29) is 0 Å². The molecule has 2 aliphatic carbocycles. The number of nitrogens with zero attached hydrogens (tertiary/aromatic N) is 1. The first-order valence-corrected chi connectivity index (χ1v) is 7.36. The first-order valence-electron chi connectivity index (χ1n) is 7.36. The van der Waals surface area contributed by atoms with E-state index in [9.17, 15) is 0 Å².